The van der Waals surface area contributed by atoms with E-state index < -0.39 is 5.60 Å². The number of rotatable bonds is 4. The first-order valence-electron chi connectivity index (χ1n) is 7.66. The molecule has 1 amide bonds. The van der Waals surface area contributed by atoms with Gasteiger partial charge >= 0.3 is 0 Å². The molecule has 1 aromatic carbocycles. The summed E-state index contributed by atoms with van der Waals surface area (Å²) in [7, 11) is 0. The molecular formula is C17H26N2O2. The molecule has 2 rings (SSSR count). The Morgan fingerprint density at radius 3 is 2.57 bits per heavy atom. The van der Waals surface area contributed by atoms with Crippen molar-refractivity contribution in [3.8, 4) is 5.75 Å². The highest BCUT2D eigenvalue weighted by atomic mass is 16.5. The largest absolute Gasteiger partial charge is 0.476 e. The van der Waals surface area contributed by atoms with E-state index in [2.05, 4.69) is 26.0 Å². The molecule has 0 radical (unpaired) electrons. The summed E-state index contributed by atoms with van der Waals surface area (Å²) in [6, 6.07) is 6.05. The van der Waals surface area contributed by atoms with Gasteiger partial charge in [-0.25, -0.2) is 0 Å². The highest BCUT2D eigenvalue weighted by Gasteiger charge is 2.41. The highest BCUT2D eigenvalue weighted by Crippen LogP contribution is 2.39. The van der Waals surface area contributed by atoms with Gasteiger partial charge in [0.15, 0.2) is 5.60 Å². The molecule has 0 bridgehead atoms. The van der Waals surface area contributed by atoms with Crippen molar-refractivity contribution in [1.29, 1.82) is 0 Å². The second kappa shape index (κ2) is 5.68. The summed E-state index contributed by atoms with van der Waals surface area (Å²) in [5, 5.41) is 0. The first-order chi connectivity index (χ1) is 9.76. The van der Waals surface area contributed by atoms with Crippen molar-refractivity contribution in [3.63, 3.8) is 0 Å². The third-order valence-electron chi connectivity index (χ3n) is 4.01. The Morgan fingerprint density at radius 2 is 2.00 bits per heavy atom. The van der Waals surface area contributed by atoms with Crippen LogP contribution in [0, 0.1) is 0 Å². The molecule has 1 heterocycles. The Bertz CT molecular complexity index is 538. The van der Waals surface area contributed by atoms with E-state index in [-0.39, 0.29) is 11.9 Å². The van der Waals surface area contributed by atoms with Gasteiger partial charge in [-0.1, -0.05) is 26.8 Å². The Kier molecular flexibility index (Phi) is 4.28. The zero-order valence-corrected chi connectivity index (χ0v) is 13.6. The van der Waals surface area contributed by atoms with E-state index in [4.69, 9.17) is 10.5 Å². The molecule has 1 aliphatic rings. The van der Waals surface area contributed by atoms with Gasteiger partial charge in [-0.15, -0.1) is 0 Å². The number of ether oxygens (including phenoxy) is 1. The number of carbonyl (C=O) groups is 1. The predicted molar refractivity (Wildman–Crippen MR) is 85.9 cm³/mol. The van der Waals surface area contributed by atoms with Crippen molar-refractivity contribution in [1.82, 2.24) is 0 Å². The summed E-state index contributed by atoms with van der Waals surface area (Å²) in [5.74, 6) is 1.13. The Labute approximate surface area is 127 Å². The normalized spacial score (nSPS) is 18.4. The number of hydrogen-bond donors (Lipinski definition) is 1. The first-order valence-corrected chi connectivity index (χ1v) is 7.66. The van der Waals surface area contributed by atoms with Crippen LogP contribution in [-0.4, -0.2) is 24.1 Å². The molecule has 116 valence electrons. The number of anilines is 1. The molecule has 1 aliphatic heterocycles. The lowest BCUT2D eigenvalue weighted by Gasteiger charge is -2.40. The van der Waals surface area contributed by atoms with Crippen LogP contribution in [-0.2, 0) is 4.79 Å². The Balaban J connectivity index is 2.47. The Morgan fingerprint density at radius 1 is 1.33 bits per heavy atom. The molecule has 0 fully saturated rings. The van der Waals surface area contributed by atoms with Gasteiger partial charge in [-0.3, -0.25) is 4.79 Å². The maximum absolute atomic E-state index is 12.7. The van der Waals surface area contributed by atoms with Crippen LogP contribution in [0.15, 0.2) is 18.2 Å². The van der Waals surface area contributed by atoms with Crippen LogP contribution >= 0.6 is 0 Å². The average molecular weight is 290 g/mol. The fourth-order valence-corrected chi connectivity index (χ4v) is 2.49. The van der Waals surface area contributed by atoms with Crippen molar-refractivity contribution in [2.24, 2.45) is 5.73 Å². The van der Waals surface area contributed by atoms with Crippen LogP contribution in [0.3, 0.4) is 0 Å². The molecule has 1 atom stereocenters. The van der Waals surface area contributed by atoms with E-state index in [1.165, 1.54) is 5.56 Å². The van der Waals surface area contributed by atoms with Crippen LogP contribution < -0.4 is 15.4 Å². The lowest BCUT2D eigenvalue weighted by atomic mass is 9.98. The van der Waals surface area contributed by atoms with E-state index >= 15 is 0 Å². The fourth-order valence-electron chi connectivity index (χ4n) is 2.49. The molecule has 0 aliphatic carbocycles. The van der Waals surface area contributed by atoms with E-state index in [1.54, 1.807) is 18.7 Å². The molecule has 0 saturated heterocycles. The number of benzene rings is 1. The molecule has 0 saturated carbocycles. The lowest BCUT2D eigenvalue weighted by molar-refractivity contribution is -0.132. The number of amides is 1. The van der Waals surface area contributed by atoms with Gasteiger partial charge in [0, 0.05) is 12.6 Å². The van der Waals surface area contributed by atoms with Crippen molar-refractivity contribution < 1.29 is 9.53 Å². The number of nitrogens with zero attached hydrogens (tertiary/aromatic N) is 1. The van der Waals surface area contributed by atoms with Crippen LogP contribution in [0.5, 0.6) is 5.75 Å². The van der Waals surface area contributed by atoms with Gasteiger partial charge in [0.1, 0.15) is 5.75 Å². The van der Waals surface area contributed by atoms with E-state index in [9.17, 15) is 4.79 Å². The van der Waals surface area contributed by atoms with Crippen LogP contribution in [0.1, 0.15) is 52.5 Å². The van der Waals surface area contributed by atoms with Crippen LogP contribution in [0.2, 0.25) is 0 Å². The quantitative estimate of drug-likeness (QED) is 0.927. The van der Waals surface area contributed by atoms with E-state index in [0.29, 0.717) is 12.5 Å². The second-order valence-electron chi connectivity index (χ2n) is 6.58. The highest BCUT2D eigenvalue weighted by molar-refractivity contribution is 6.02. The maximum Gasteiger partial charge on any atom is 0.270 e. The summed E-state index contributed by atoms with van der Waals surface area (Å²) in [6.45, 7) is 10.4. The fraction of sp³-hybridized carbons (Fsp3) is 0.588. The molecule has 1 aromatic rings. The summed E-state index contributed by atoms with van der Waals surface area (Å²) in [4.78, 5) is 14.5. The zero-order chi connectivity index (χ0) is 15.8. The zero-order valence-electron chi connectivity index (χ0n) is 13.6. The molecule has 4 nitrogen and oxygen atoms in total. The van der Waals surface area contributed by atoms with Gasteiger partial charge in [-0.2, -0.15) is 0 Å². The summed E-state index contributed by atoms with van der Waals surface area (Å²) in [6.07, 6.45) is 0.838. The molecule has 0 aromatic heterocycles. The van der Waals surface area contributed by atoms with Crippen molar-refractivity contribution in [2.45, 2.75) is 58.6 Å². The topological polar surface area (TPSA) is 55.6 Å². The minimum Gasteiger partial charge on any atom is -0.476 e. The monoisotopic (exact) mass is 290 g/mol. The van der Waals surface area contributed by atoms with Crippen molar-refractivity contribution >= 4 is 11.6 Å². The minimum absolute atomic E-state index is 0.0280. The Hall–Kier alpha value is -1.55. The summed E-state index contributed by atoms with van der Waals surface area (Å²) in [5.41, 5.74) is 7.26. The first kappa shape index (κ1) is 15.8. The average Bonchev–Trinajstić information content (AvgIpc) is 2.42. The number of fused-ring (bicyclic) bond motifs is 1. The van der Waals surface area contributed by atoms with Gasteiger partial charge in [0.2, 0.25) is 0 Å². The van der Waals surface area contributed by atoms with Crippen LogP contribution in [0.4, 0.5) is 5.69 Å². The maximum atomic E-state index is 12.7. The van der Waals surface area contributed by atoms with E-state index in [0.717, 1.165) is 17.9 Å². The SMILES string of the molecule is CCC(N)CN1C(=O)C(C)(C)Oc2ccc(C(C)C)cc21. The van der Waals surface area contributed by atoms with Gasteiger partial charge in [-0.05, 0) is 43.9 Å². The second-order valence-corrected chi connectivity index (χ2v) is 6.58. The standard InChI is InChI=1S/C17H26N2O2/c1-6-13(18)10-19-14-9-12(11(2)3)7-8-15(14)21-17(4,5)16(19)20/h7-9,11,13H,6,10,18H2,1-5H3. The van der Waals surface area contributed by atoms with E-state index in [1.807, 2.05) is 13.0 Å². The van der Waals surface area contributed by atoms with Crippen molar-refractivity contribution in [2.75, 3.05) is 11.4 Å². The van der Waals surface area contributed by atoms with Gasteiger partial charge in [0.25, 0.3) is 5.91 Å². The third kappa shape index (κ3) is 3.05. The molecule has 2 N–H and O–H groups in total. The van der Waals surface area contributed by atoms with Crippen LogP contribution in [0.25, 0.3) is 0 Å². The number of hydrogen-bond acceptors (Lipinski definition) is 3. The number of carbonyl (C=O) groups excluding carboxylic acids is 1. The van der Waals surface area contributed by atoms with Gasteiger partial charge < -0.3 is 15.4 Å². The molecule has 1 unspecified atom stereocenters. The van der Waals surface area contributed by atoms with Crippen molar-refractivity contribution in [3.05, 3.63) is 23.8 Å². The third-order valence-corrected chi connectivity index (χ3v) is 4.01. The van der Waals surface area contributed by atoms with Gasteiger partial charge in [0.05, 0.1) is 5.69 Å². The predicted octanol–water partition coefficient (Wildman–Crippen LogP) is 3.05. The summed E-state index contributed by atoms with van der Waals surface area (Å²) < 4.78 is 5.88. The number of nitrogens with two attached hydrogens (primary N) is 1. The lowest BCUT2D eigenvalue weighted by Crippen LogP contribution is -2.55. The molecule has 4 heteroatoms. The molecular weight excluding hydrogens is 264 g/mol. The minimum atomic E-state index is -0.847. The molecule has 0 spiro atoms. The summed E-state index contributed by atoms with van der Waals surface area (Å²) >= 11 is 0. The molecule has 21 heavy (non-hydrogen) atoms. The smallest absolute Gasteiger partial charge is 0.270 e.